The molecule has 2 heterocycles. The van der Waals surface area contributed by atoms with Crippen LogP contribution in [0.2, 0.25) is 0 Å². The van der Waals surface area contributed by atoms with Gasteiger partial charge >= 0.3 is 6.18 Å². The monoisotopic (exact) mass is 366 g/mol. The van der Waals surface area contributed by atoms with Crippen molar-refractivity contribution in [3.05, 3.63) is 11.1 Å². The van der Waals surface area contributed by atoms with Crippen LogP contribution in [0.1, 0.15) is 31.9 Å². The number of thiazole rings is 1. The summed E-state index contributed by atoms with van der Waals surface area (Å²) in [5.74, 6) is -0.752. The highest BCUT2D eigenvalue weighted by Gasteiger charge is 2.37. The van der Waals surface area contributed by atoms with Gasteiger partial charge in [0.15, 0.2) is 5.13 Å². The molecule has 9 heteroatoms. The molecule has 2 atom stereocenters. The molecule has 1 fully saturated rings. The summed E-state index contributed by atoms with van der Waals surface area (Å²) in [4.78, 5) is 17.1. The molecule has 1 saturated heterocycles. The molecule has 2 unspecified atom stereocenters. The average Bonchev–Trinajstić information content (AvgIpc) is 2.96. The van der Waals surface area contributed by atoms with Gasteiger partial charge in [-0.15, -0.1) is 11.3 Å². The number of alkyl halides is 3. The third-order valence-electron chi connectivity index (χ3n) is 3.60. The van der Waals surface area contributed by atoms with E-state index in [9.17, 15) is 18.0 Å². The molecule has 136 valence electrons. The molecular weight excluding hydrogens is 345 g/mol. The number of ether oxygens (including phenoxy) is 2. The molecular formula is C15H21F3N2O3S. The lowest BCUT2D eigenvalue weighted by Gasteiger charge is -2.27. The number of aromatic nitrogens is 1. The van der Waals surface area contributed by atoms with Crippen molar-refractivity contribution in [2.24, 2.45) is 0 Å². The van der Waals surface area contributed by atoms with E-state index in [-0.39, 0.29) is 17.8 Å². The molecule has 0 bridgehead atoms. The van der Waals surface area contributed by atoms with Gasteiger partial charge in [-0.2, -0.15) is 13.2 Å². The largest absolute Gasteiger partial charge is 0.406 e. The lowest BCUT2D eigenvalue weighted by molar-refractivity contribution is -0.141. The number of carbonyl (C=O) groups is 1. The highest BCUT2D eigenvalue weighted by molar-refractivity contribution is 7.14. The Hall–Kier alpha value is -1.19. The Bertz CT molecular complexity index is 544. The van der Waals surface area contributed by atoms with Crippen LogP contribution >= 0.6 is 11.3 Å². The summed E-state index contributed by atoms with van der Waals surface area (Å²) in [6.07, 6.45) is -2.77. The van der Waals surface area contributed by atoms with Gasteiger partial charge in [-0.1, -0.05) is 0 Å². The quantitative estimate of drug-likeness (QED) is 0.775. The Morgan fingerprint density at radius 3 is 2.83 bits per heavy atom. The molecule has 0 aromatic carbocycles. The Morgan fingerprint density at radius 2 is 2.29 bits per heavy atom. The van der Waals surface area contributed by atoms with Gasteiger partial charge in [0, 0.05) is 12.0 Å². The van der Waals surface area contributed by atoms with E-state index in [1.807, 2.05) is 0 Å². The minimum atomic E-state index is -4.51. The number of anilines is 1. The van der Waals surface area contributed by atoms with Gasteiger partial charge in [-0.25, -0.2) is 4.98 Å². The predicted octanol–water partition coefficient (Wildman–Crippen LogP) is 3.32. The van der Waals surface area contributed by atoms with Crippen molar-refractivity contribution >= 4 is 22.4 Å². The lowest BCUT2D eigenvalue weighted by atomic mass is 10.1. The Kier molecular flexibility index (Phi) is 6.59. The summed E-state index contributed by atoms with van der Waals surface area (Å²) < 4.78 is 49.4. The van der Waals surface area contributed by atoms with Crippen molar-refractivity contribution in [1.29, 1.82) is 0 Å². The first kappa shape index (κ1) is 19.1. The number of hydrogen-bond acceptors (Lipinski definition) is 5. The fourth-order valence-corrected chi connectivity index (χ4v) is 3.17. The second kappa shape index (κ2) is 8.26. The summed E-state index contributed by atoms with van der Waals surface area (Å²) in [6.45, 7) is 2.58. The zero-order valence-electron chi connectivity index (χ0n) is 13.6. The molecule has 0 radical (unpaired) electrons. The number of rotatable bonds is 6. The molecule has 1 aliphatic heterocycles. The third-order valence-corrected chi connectivity index (χ3v) is 4.58. The fourth-order valence-electron chi connectivity index (χ4n) is 2.37. The number of halogens is 3. The van der Waals surface area contributed by atoms with E-state index in [0.717, 1.165) is 30.6 Å². The van der Waals surface area contributed by atoms with Crippen LogP contribution in [0.25, 0.3) is 0 Å². The smallest absolute Gasteiger partial charge is 0.376 e. The summed E-state index contributed by atoms with van der Waals surface area (Å²) in [7, 11) is 0. The molecule has 5 nitrogen and oxygen atoms in total. The van der Waals surface area contributed by atoms with Crippen molar-refractivity contribution in [3.63, 3.8) is 0 Å². The Balaban J connectivity index is 2.00. The SMILES string of the molecule is Cc1csc(N(CC(F)(F)F)C(=O)C(C)OCC2CCCCO2)n1. The van der Waals surface area contributed by atoms with E-state index in [4.69, 9.17) is 9.47 Å². The number of carbonyl (C=O) groups excluding carboxylic acids is 1. The first-order valence-electron chi connectivity index (χ1n) is 7.80. The van der Waals surface area contributed by atoms with Crippen molar-refractivity contribution < 1.29 is 27.4 Å². The van der Waals surface area contributed by atoms with Crippen LogP contribution < -0.4 is 4.90 Å². The minimum Gasteiger partial charge on any atom is -0.376 e. The van der Waals surface area contributed by atoms with E-state index in [2.05, 4.69) is 4.98 Å². The van der Waals surface area contributed by atoms with E-state index in [0.29, 0.717) is 17.2 Å². The van der Waals surface area contributed by atoms with Crippen LogP contribution in [-0.2, 0) is 14.3 Å². The van der Waals surface area contributed by atoms with Gasteiger partial charge in [0.1, 0.15) is 12.6 Å². The standard InChI is InChI=1S/C15H21F3N2O3S/c1-10-8-24-14(19-10)20(9-15(16,17)18)13(21)11(2)23-7-12-5-3-4-6-22-12/h8,11-12H,3-7,9H2,1-2H3. The third kappa shape index (κ3) is 5.71. The summed E-state index contributed by atoms with van der Waals surface area (Å²) in [6, 6.07) is 0. The fraction of sp³-hybridized carbons (Fsp3) is 0.733. The minimum absolute atomic E-state index is 0.0270. The van der Waals surface area contributed by atoms with Crippen LogP contribution in [-0.4, -0.2) is 49.0 Å². The van der Waals surface area contributed by atoms with Crippen molar-refractivity contribution in [3.8, 4) is 0 Å². The van der Waals surface area contributed by atoms with E-state index < -0.39 is 24.7 Å². The first-order chi connectivity index (χ1) is 11.3. The predicted molar refractivity (Wildman–Crippen MR) is 84.3 cm³/mol. The molecule has 0 aliphatic carbocycles. The summed E-state index contributed by atoms with van der Waals surface area (Å²) >= 11 is 1.00. The molecule has 2 rings (SSSR count). The maximum Gasteiger partial charge on any atom is 0.406 e. The molecule has 0 spiro atoms. The number of amides is 1. The van der Waals surface area contributed by atoms with Gasteiger partial charge in [-0.05, 0) is 33.1 Å². The topological polar surface area (TPSA) is 51.7 Å². The Labute approximate surface area is 142 Å². The molecule has 1 amide bonds. The average molecular weight is 366 g/mol. The van der Waals surface area contributed by atoms with Crippen molar-refractivity contribution in [2.75, 3.05) is 24.7 Å². The van der Waals surface area contributed by atoms with Crippen LogP contribution in [0, 0.1) is 6.92 Å². The highest BCUT2D eigenvalue weighted by atomic mass is 32.1. The molecule has 0 saturated carbocycles. The van der Waals surface area contributed by atoms with E-state index in [1.165, 1.54) is 6.92 Å². The van der Waals surface area contributed by atoms with Crippen LogP contribution in [0.15, 0.2) is 5.38 Å². The molecule has 24 heavy (non-hydrogen) atoms. The van der Waals surface area contributed by atoms with Crippen molar-refractivity contribution in [2.45, 2.75) is 51.5 Å². The van der Waals surface area contributed by atoms with Gasteiger partial charge in [-0.3, -0.25) is 9.69 Å². The van der Waals surface area contributed by atoms with E-state index >= 15 is 0 Å². The molecule has 0 N–H and O–H groups in total. The maximum atomic E-state index is 12.8. The number of aryl methyl sites for hydroxylation is 1. The second-order valence-corrected chi connectivity index (χ2v) is 6.61. The molecule has 1 aromatic rings. The second-order valence-electron chi connectivity index (χ2n) is 5.78. The lowest BCUT2D eigenvalue weighted by Crippen LogP contribution is -2.45. The van der Waals surface area contributed by atoms with Gasteiger partial charge < -0.3 is 9.47 Å². The van der Waals surface area contributed by atoms with Crippen LogP contribution in [0.3, 0.4) is 0 Å². The van der Waals surface area contributed by atoms with Crippen LogP contribution in [0.4, 0.5) is 18.3 Å². The number of nitrogens with zero attached hydrogens (tertiary/aromatic N) is 2. The maximum absolute atomic E-state index is 12.8. The van der Waals surface area contributed by atoms with Gasteiger partial charge in [0.25, 0.3) is 5.91 Å². The van der Waals surface area contributed by atoms with Gasteiger partial charge in [0.05, 0.1) is 18.4 Å². The summed E-state index contributed by atoms with van der Waals surface area (Å²) in [5.41, 5.74) is 0.569. The zero-order valence-corrected chi connectivity index (χ0v) is 14.5. The number of hydrogen-bond donors (Lipinski definition) is 0. The first-order valence-corrected chi connectivity index (χ1v) is 8.67. The zero-order chi connectivity index (χ0) is 17.7. The van der Waals surface area contributed by atoms with Crippen LogP contribution in [0.5, 0.6) is 0 Å². The molecule has 1 aliphatic rings. The van der Waals surface area contributed by atoms with E-state index in [1.54, 1.807) is 12.3 Å². The normalized spacial score (nSPS) is 20.0. The van der Waals surface area contributed by atoms with Gasteiger partial charge in [0.2, 0.25) is 0 Å². The molecule has 1 aromatic heterocycles. The van der Waals surface area contributed by atoms with Crippen molar-refractivity contribution in [1.82, 2.24) is 4.98 Å². The Morgan fingerprint density at radius 1 is 1.54 bits per heavy atom. The summed E-state index contributed by atoms with van der Waals surface area (Å²) in [5, 5.41) is 1.63. The highest BCUT2D eigenvalue weighted by Crippen LogP contribution is 2.26.